The number of aryl methyl sites for hydroxylation is 2. The summed E-state index contributed by atoms with van der Waals surface area (Å²) in [4.78, 5) is 14.8. The fraction of sp³-hybridized carbons (Fsp3) is 0.667. The molecule has 1 saturated heterocycles. The Morgan fingerprint density at radius 3 is 2.31 bits per heavy atom. The Bertz CT molecular complexity index is 796. The molecule has 3 aliphatic rings. The number of sulfone groups is 1. The average Bonchev–Trinajstić information content (AvgIpc) is 3.28. The number of nitrogens with zero attached hydrogens (tertiary/aromatic N) is 1. The lowest BCUT2D eigenvalue weighted by molar-refractivity contribution is -0.116. The molecule has 4 nitrogen and oxygen atoms in total. The predicted octanol–water partition coefficient (Wildman–Crippen LogP) is 2.28. The van der Waals surface area contributed by atoms with E-state index >= 15 is 0 Å². The van der Waals surface area contributed by atoms with Crippen LogP contribution in [0.3, 0.4) is 0 Å². The van der Waals surface area contributed by atoms with Crippen molar-refractivity contribution in [2.24, 2.45) is 0 Å². The van der Waals surface area contributed by atoms with E-state index in [9.17, 15) is 13.2 Å². The molecule has 0 aromatic heterocycles. The van der Waals surface area contributed by atoms with Gasteiger partial charge in [0, 0.05) is 12.5 Å². The zero-order valence-corrected chi connectivity index (χ0v) is 16.5. The smallest absolute Gasteiger partial charge is 0.158 e. The van der Waals surface area contributed by atoms with Crippen LogP contribution in [0.4, 0.5) is 0 Å². The Morgan fingerprint density at radius 2 is 1.73 bits per heavy atom. The second-order valence-corrected chi connectivity index (χ2v) is 10.5. The maximum absolute atomic E-state index is 12.7. The summed E-state index contributed by atoms with van der Waals surface area (Å²) in [6, 6.07) is 2.43. The van der Waals surface area contributed by atoms with Crippen molar-refractivity contribution in [2.45, 2.75) is 63.8 Å². The van der Waals surface area contributed by atoms with Crippen LogP contribution in [-0.4, -0.2) is 50.2 Å². The zero-order valence-electron chi connectivity index (χ0n) is 15.7. The first-order valence-electron chi connectivity index (χ1n) is 10.0. The summed E-state index contributed by atoms with van der Waals surface area (Å²) in [5.41, 5.74) is 6.71. The van der Waals surface area contributed by atoms with Crippen molar-refractivity contribution >= 4 is 15.6 Å². The molecule has 26 heavy (non-hydrogen) atoms. The molecule has 1 aliphatic heterocycles. The monoisotopic (exact) mass is 375 g/mol. The van der Waals surface area contributed by atoms with Gasteiger partial charge in [0.1, 0.15) is 5.75 Å². The lowest BCUT2D eigenvalue weighted by atomic mass is 9.91. The van der Waals surface area contributed by atoms with Crippen LogP contribution in [0.15, 0.2) is 6.07 Å². The van der Waals surface area contributed by atoms with E-state index in [2.05, 4.69) is 11.0 Å². The highest BCUT2D eigenvalue weighted by Gasteiger charge is 2.30. The summed E-state index contributed by atoms with van der Waals surface area (Å²) < 4.78 is 25.1. The SMILES string of the molecule is CN1CCCC1CS(=O)(=O)CC(=O)Cc1c2c(cc3c1CCC3)CCC2. The van der Waals surface area contributed by atoms with Crippen LogP contribution in [0.2, 0.25) is 0 Å². The van der Waals surface area contributed by atoms with Crippen molar-refractivity contribution < 1.29 is 13.2 Å². The molecule has 0 saturated carbocycles. The summed E-state index contributed by atoms with van der Waals surface area (Å²) in [6.07, 6.45) is 8.90. The van der Waals surface area contributed by atoms with Gasteiger partial charge in [-0.25, -0.2) is 8.42 Å². The number of rotatable bonds is 6. The third-order valence-corrected chi connectivity index (χ3v) is 8.13. The Hall–Kier alpha value is -1.20. The molecule has 1 heterocycles. The van der Waals surface area contributed by atoms with E-state index in [-0.39, 0.29) is 23.3 Å². The lowest BCUT2D eigenvalue weighted by Gasteiger charge is -2.19. The van der Waals surface area contributed by atoms with Gasteiger partial charge in [0.2, 0.25) is 0 Å². The molecule has 0 spiro atoms. The topological polar surface area (TPSA) is 54.5 Å². The minimum atomic E-state index is -3.34. The van der Waals surface area contributed by atoms with Crippen LogP contribution in [0.25, 0.3) is 0 Å². The van der Waals surface area contributed by atoms with E-state index in [1.165, 1.54) is 27.8 Å². The maximum atomic E-state index is 12.7. The number of Topliss-reactive ketones (excluding diaryl/α,β-unsaturated/α-hetero) is 1. The number of benzene rings is 1. The van der Waals surface area contributed by atoms with Crippen LogP contribution in [0.1, 0.15) is 53.5 Å². The largest absolute Gasteiger partial charge is 0.302 e. The number of carbonyl (C=O) groups is 1. The molecule has 142 valence electrons. The van der Waals surface area contributed by atoms with E-state index in [0.717, 1.165) is 57.9 Å². The summed E-state index contributed by atoms with van der Waals surface area (Å²) >= 11 is 0. The molecule has 1 fully saturated rings. The molecule has 0 bridgehead atoms. The second kappa shape index (κ2) is 7.08. The Balaban J connectivity index is 1.49. The maximum Gasteiger partial charge on any atom is 0.158 e. The highest BCUT2D eigenvalue weighted by atomic mass is 32.2. The molecule has 4 rings (SSSR count). The molecular formula is C21H29NO3S. The van der Waals surface area contributed by atoms with Gasteiger partial charge >= 0.3 is 0 Å². The number of ketones is 1. The molecule has 1 atom stereocenters. The first-order valence-corrected chi connectivity index (χ1v) is 11.8. The minimum Gasteiger partial charge on any atom is -0.302 e. The molecule has 0 N–H and O–H groups in total. The fourth-order valence-corrected chi connectivity index (χ4v) is 6.90. The lowest BCUT2D eigenvalue weighted by Crippen LogP contribution is -2.34. The first-order chi connectivity index (χ1) is 12.4. The van der Waals surface area contributed by atoms with Crippen LogP contribution in [0, 0.1) is 0 Å². The Kier molecular flexibility index (Phi) is 4.95. The van der Waals surface area contributed by atoms with E-state index in [4.69, 9.17) is 0 Å². The van der Waals surface area contributed by atoms with Gasteiger partial charge in [-0.3, -0.25) is 4.79 Å². The Labute approximate surface area is 156 Å². The molecule has 1 aromatic carbocycles. The normalized spacial score (nSPS) is 22.6. The number of fused-ring (bicyclic) bond motifs is 2. The number of carbonyl (C=O) groups excluding carboxylic acids is 1. The highest BCUT2D eigenvalue weighted by molar-refractivity contribution is 7.92. The number of hydrogen-bond donors (Lipinski definition) is 0. The van der Waals surface area contributed by atoms with Gasteiger partial charge in [0.25, 0.3) is 0 Å². The molecule has 1 aromatic rings. The standard InChI is InChI=1S/C21H29NO3S/c1-22-10-4-7-17(22)13-26(24,25)14-18(23)12-21-19-8-2-5-15(19)11-16-6-3-9-20(16)21/h11,17H,2-10,12-14H2,1H3. The van der Waals surface area contributed by atoms with Crippen molar-refractivity contribution in [3.8, 4) is 0 Å². The Morgan fingerprint density at radius 1 is 1.08 bits per heavy atom. The molecule has 0 radical (unpaired) electrons. The predicted molar refractivity (Wildman–Crippen MR) is 104 cm³/mol. The zero-order chi connectivity index (χ0) is 18.3. The van der Waals surface area contributed by atoms with Crippen molar-refractivity contribution in [2.75, 3.05) is 25.1 Å². The average molecular weight is 376 g/mol. The van der Waals surface area contributed by atoms with E-state index in [1.807, 2.05) is 7.05 Å². The van der Waals surface area contributed by atoms with Gasteiger partial charge in [-0.1, -0.05) is 6.07 Å². The van der Waals surface area contributed by atoms with E-state index < -0.39 is 9.84 Å². The summed E-state index contributed by atoms with van der Waals surface area (Å²) in [5.74, 6) is -0.296. The van der Waals surface area contributed by atoms with Crippen LogP contribution >= 0.6 is 0 Å². The molecule has 1 unspecified atom stereocenters. The van der Waals surface area contributed by atoms with Gasteiger partial charge in [-0.2, -0.15) is 0 Å². The molecule has 0 amide bonds. The summed E-state index contributed by atoms with van der Waals surface area (Å²) in [6.45, 7) is 0.955. The van der Waals surface area contributed by atoms with Gasteiger partial charge < -0.3 is 4.90 Å². The van der Waals surface area contributed by atoms with Crippen molar-refractivity contribution in [1.82, 2.24) is 4.90 Å². The van der Waals surface area contributed by atoms with Gasteiger partial charge in [-0.05, 0) is 92.8 Å². The van der Waals surface area contributed by atoms with Crippen LogP contribution in [-0.2, 0) is 46.7 Å². The van der Waals surface area contributed by atoms with Crippen LogP contribution < -0.4 is 0 Å². The summed E-state index contributed by atoms with van der Waals surface area (Å²) in [7, 11) is -1.36. The quantitative estimate of drug-likeness (QED) is 0.765. The third kappa shape index (κ3) is 3.61. The van der Waals surface area contributed by atoms with Crippen molar-refractivity contribution in [3.05, 3.63) is 33.9 Å². The summed E-state index contributed by atoms with van der Waals surface area (Å²) in [5, 5.41) is 0. The number of hydrogen-bond acceptors (Lipinski definition) is 4. The van der Waals surface area contributed by atoms with Crippen LogP contribution in [0.5, 0.6) is 0 Å². The van der Waals surface area contributed by atoms with Crippen molar-refractivity contribution in [1.29, 1.82) is 0 Å². The second-order valence-electron chi connectivity index (χ2n) is 8.38. The van der Waals surface area contributed by atoms with Gasteiger partial charge in [0.05, 0.1) is 5.75 Å². The first kappa shape index (κ1) is 18.2. The fourth-order valence-electron chi connectivity index (χ4n) is 5.18. The van der Waals surface area contributed by atoms with Gasteiger partial charge in [0.15, 0.2) is 15.6 Å². The van der Waals surface area contributed by atoms with Gasteiger partial charge in [-0.15, -0.1) is 0 Å². The molecule has 5 heteroatoms. The number of likely N-dealkylation sites (tertiary alicyclic amines) is 1. The van der Waals surface area contributed by atoms with Crippen molar-refractivity contribution in [3.63, 3.8) is 0 Å². The molecular weight excluding hydrogens is 346 g/mol. The molecule has 2 aliphatic carbocycles. The third-order valence-electron chi connectivity index (χ3n) is 6.47. The van der Waals surface area contributed by atoms with E-state index in [0.29, 0.717) is 6.42 Å². The minimum absolute atomic E-state index is 0.0815. The highest BCUT2D eigenvalue weighted by Crippen LogP contribution is 2.35. The van der Waals surface area contributed by atoms with E-state index in [1.54, 1.807) is 0 Å².